The third-order valence-electron chi connectivity index (χ3n) is 11.4. The van der Waals surface area contributed by atoms with Gasteiger partial charge < -0.3 is 9.80 Å². The van der Waals surface area contributed by atoms with Gasteiger partial charge in [-0.25, -0.2) is 0 Å². The Bertz CT molecular complexity index is 3210. The second kappa shape index (κ2) is 12.4. The maximum Gasteiger partial charge on any atom is 0.0555 e. The summed E-state index contributed by atoms with van der Waals surface area (Å²) in [6, 6.07) is 71.4. The standard InChI is InChI=1S/C52H32N2S2/c1-3-13-35(14-4-1)53(43-19-11-23-47-51(43)39-17-7-9-21-45(39)55-47)41-31-27-33-26-30-38-42(32-28-34-25-29-37(41)49(33)50(34)38)54(36-15-5-2-6-16-36)44-20-12-24-48-52(44)40-18-8-10-22-46(40)56-48/h1-32H. The Hall–Kier alpha value is -6.72. The topological polar surface area (TPSA) is 6.48 Å². The maximum absolute atomic E-state index is 2.48. The van der Waals surface area contributed by atoms with Crippen molar-refractivity contribution in [3.63, 3.8) is 0 Å². The summed E-state index contributed by atoms with van der Waals surface area (Å²) in [4.78, 5) is 4.96. The normalized spacial score (nSPS) is 11.9. The number of thiophene rings is 2. The number of hydrogen-bond acceptors (Lipinski definition) is 4. The highest BCUT2D eigenvalue weighted by atomic mass is 32.1. The third-order valence-corrected chi connectivity index (χ3v) is 13.6. The Labute approximate surface area is 331 Å². The van der Waals surface area contributed by atoms with Crippen molar-refractivity contribution in [1.29, 1.82) is 0 Å². The molecule has 0 spiro atoms. The van der Waals surface area contributed by atoms with Crippen LogP contribution in [-0.2, 0) is 0 Å². The van der Waals surface area contributed by atoms with E-state index in [1.165, 1.54) is 95.4 Å². The number of fused-ring (bicyclic) bond motifs is 6. The van der Waals surface area contributed by atoms with Crippen molar-refractivity contribution in [3.05, 3.63) is 194 Å². The lowest BCUT2D eigenvalue weighted by Gasteiger charge is -2.30. The Morgan fingerprint density at radius 3 is 1.11 bits per heavy atom. The van der Waals surface area contributed by atoms with Crippen molar-refractivity contribution in [2.24, 2.45) is 0 Å². The SMILES string of the molecule is c1ccc(N(c2ccc3ccc4c(N(c5ccccc5)c5cccc6sc7ccccc7c56)ccc5ccc2c3c54)c2cccc3sc4ccccc4c23)cc1. The van der Waals surface area contributed by atoms with E-state index in [1.54, 1.807) is 0 Å². The minimum Gasteiger partial charge on any atom is -0.309 e. The number of benzene rings is 10. The zero-order valence-corrected chi connectivity index (χ0v) is 31.8. The van der Waals surface area contributed by atoms with Crippen LogP contribution in [0.3, 0.4) is 0 Å². The van der Waals surface area contributed by atoms with Gasteiger partial charge in [-0.3, -0.25) is 0 Å². The van der Waals surface area contributed by atoms with Crippen LogP contribution >= 0.6 is 22.7 Å². The summed E-state index contributed by atoms with van der Waals surface area (Å²) < 4.78 is 5.20. The zero-order chi connectivity index (χ0) is 36.7. The van der Waals surface area contributed by atoms with Gasteiger partial charge in [-0.1, -0.05) is 121 Å². The number of hydrogen-bond donors (Lipinski definition) is 0. The lowest BCUT2D eigenvalue weighted by molar-refractivity contribution is 1.31. The third kappa shape index (κ3) is 4.67. The lowest BCUT2D eigenvalue weighted by atomic mass is 9.91. The molecule has 56 heavy (non-hydrogen) atoms. The molecule has 10 aromatic carbocycles. The summed E-state index contributed by atoms with van der Waals surface area (Å²) in [5.41, 5.74) is 6.98. The van der Waals surface area contributed by atoms with E-state index in [2.05, 4.69) is 204 Å². The molecule has 0 aliphatic rings. The lowest BCUT2D eigenvalue weighted by Crippen LogP contribution is -2.11. The van der Waals surface area contributed by atoms with E-state index in [0.29, 0.717) is 0 Å². The highest BCUT2D eigenvalue weighted by molar-refractivity contribution is 7.26. The van der Waals surface area contributed by atoms with E-state index in [9.17, 15) is 0 Å². The van der Waals surface area contributed by atoms with Crippen LogP contribution in [0, 0.1) is 0 Å². The van der Waals surface area contributed by atoms with Gasteiger partial charge in [0.1, 0.15) is 0 Å². The molecule has 4 heteroatoms. The molecule has 0 radical (unpaired) electrons. The molecule has 12 rings (SSSR count). The molecular weight excluding hydrogens is 717 g/mol. The van der Waals surface area contributed by atoms with Gasteiger partial charge in [-0.15, -0.1) is 22.7 Å². The van der Waals surface area contributed by atoms with Gasteiger partial charge in [0.15, 0.2) is 0 Å². The Morgan fingerprint density at radius 2 is 0.643 bits per heavy atom. The fourth-order valence-electron chi connectivity index (χ4n) is 9.01. The highest BCUT2D eigenvalue weighted by Gasteiger charge is 2.24. The zero-order valence-electron chi connectivity index (χ0n) is 30.2. The average molecular weight is 749 g/mol. The Kier molecular flexibility index (Phi) is 7.00. The first-order valence-corrected chi connectivity index (χ1v) is 20.6. The van der Waals surface area contributed by atoms with Gasteiger partial charge in [-0.2, -0.15) is 0 Å². The van der Waals surface area contributed by atoms with Gasteiger partial charge in [0, 0.05) is 62.5 Å². The van der Waals surface area contributed by atoms with Gasteiger partial charge >= 0.3 is 0 Å². The van der Waals surface area contributed by atoms with Crippen molar-refractivity contribution in [2.75, 3.05) is 9.80 Å². The predicted octanol–water partition coefficient (Wildman–Crippen LogP) is 16.3. The van der Waals surface area contributed by atoms with Crippen molar-refractivity contribution in [1.82, 2.24) is 0 Å². The maximum atomic E-state index is 2.48. The van der Waals surface area contributed by atoms with Crippen molar-refractivity contribution < 1.29 is 0 Å². The molecular formula is C52H32N2S2. The average Bonchev–Trinajstić information content (AvgIpc) is 3.84. The summed E-state index contributed by atoms with van der Waals surface area (Å²) in [5, 5.41) is 12.7. The van der Waals surface area contributed by atoms with Gasteiger partial charge in [0.2, 0.25) is 0 Å². The Morgan fingerprint density at radius 1 is 0.250 bits per heavy atom. The molecule has 0 N–H and O–H groups in total. The molecule has 0 bridgehead atoms. The smallest absolute Gasteiger partial charge is 0.0555 e. The van der Waals surface area contributed by atoms with Crippen LogP contribution in [-0.4, -0.2) is 0 Å². The van der Waals surface area contributed by atoms with Crippen LogP contribution in [0.15, 0.2) is 194 Å². The molecule has 262 valence electrons. The summed E-state index contributed by atoms with van der Waals surface area (Å²) in [7, 11) is 0. The largest absolute Gasteiger partial charge is 0.309 e. The second-order valence-corrected chi connectivity index (χ2v) is 16.6. The van der Waals surface area contributed by atoms with Gasteiger partial charge in [0.05, 0.1) is 22.7 Å². The molecule has 0 aliphatic heterocycles. The first kappa shape index (κ1) is 31.6. The van der Waals surface area contributed by atoms with Crippen LogP contribution in [0.4, 0.5) is 34.1 Å². The summed E-state index contributed by atoms with van der Waals surface area (Å²) in [6.07, 6.45) is 0. The monoisotopic (exact) mass is 748 g/mol. The fraction of sp³-hybridized carbons (Fsp3) is 0. The molecule has 0 fully saturated rings. The molecule has 0 atom stereocenters. The van der Waals surface area contributed by atoms with Crippen molar-refractivity contribution in [2.45, 2.75) is 0 Å². The minimum absolute atomic E-state index is 1.14. The van der Waals surface area contributed by atoms with Crippen LogP contribution < -0.4 is 9.80 Å². The van der Waals surface area contributed by atoms with E-state index in [4.69, 9.17) is 0 Å². The number of para-hydroxylation sites is 2. The molecule has 2 nitrogen and oxygen atoms in total. The summed E-state index contributed by atoms with van der Waals surface area (Å²) >= 11 is 3.73. The molecule has 12 aromatic rings. The summed E-state index contributed by atoms with van der Waals surface area (Å²) in [5.74, 6) is 0. The first-order chi connectivity index (χ1) is 27.8. The van der Waals surface area contributed by atoms with Crippen LogP contribution in [0.25, 0.3) is 72.7 Å². The van der Waals surface area contributed by atoms with Crippen LogP contribution in [0.2, 0.25) is 0 Å². The molecule has 2 heterocycles. The summed E-state index contributed by atoms with van der Waals surface area (Å²) in [6.45, 7) is 0. The number of anilines is 6. The van der Waals surface area contributed by atoms with Crippen molar-refractivity contribution >= 4 is 129 Å². The molecule has 0 saturated carbocycles. The van der Waals surface area contributed by atoms with Crippen LogP contribution in [0.5, 0.6) is 0 Å². The van der Waals surface area contributed by atoms with E-state index in [0.717, 1.165) is 11.4 Å². The van der Waals surface area contributed by atoms with Crippen molar-refractivity contribution in [3.8, 4) is 0 Å². The van der Waals surface area contributed by atoms with Gasteiger partial charge in [0.25, 0.3) is 0 Å². The van der Waals surface area contributed by atoms with E-state index >= 15 is 0 Å². The van der Waals surface area contributed by atoms with E-state index in [1.807, 2.05) is 22.7 Å². The number of rotatable bonds is 6. The van der Waals surface area contributed by atoms with E-state index < -0.39 is 0 Å². The molecule has 0 amide bonds. The predicted molar refractivity (Wildman–Crippen MR) is 245 cm³/mol. The first-order valence-electron chi connectivity index (χ1n) is 19.0. The number of nitrogens with zero attached hydrogens (tertiary/aromatic N) is 2. The molecule has 0 saturated heterocycles. The van der Waals surface area contributed by atoms with E-state index in [-0.39, 0.29) is 0 Å². The molecule has 2 aromatic heterocycles. The molecule has 0 unspecified atom stereocenters. The quantitative estimate of drug-likeness (QED) is 0.156. The van der Waals surface area contributed by atoms with Crippen LogP contribution in [0.1, 0.15) is 0 Å². The van der Waals surface area contributed by atoms with Gasteiger partial charge in [-0.05, 0) is 94.3 Å². The Balaban J connectivity index is 1.15. The second-order valence-electron chi connectivity index (χ2n) is 14.4. The fourth-order valence-corrected chi connectivity index (χ4v) is 11.3. The highest BCUT2D eigenvalue weighted by Crippen LogP contribution is 2.51. The minimum atomic E-state index is 1.14. The molecule has 0 aliphatic carbocycles.